The van der Waals surface area contributed by atoms with Gasteiger partial charge in [0.2, 0.25) is 5.91 Å². The maximum Gasteiger partial charge on any atom is 0.325 e. The summed E-state index contributed by atoms with van der Waals surface area (Å²) in [6.07, 6.45) is 9.39. The van der Waals surface area contributed by atoms with Gasteiger partial charge < -0.3 is 10.0 Å². The number of aromatic nitrogens is 1. The van der Waals surface area contributed by atoms with E-state index < -0.39 is 12.0 Å². The zero-order valence-electron chi connectivity index (χ0n) is 20.6. The molecule has 1 aliphatic carbocycles. The van der Waals surface area contributed by atoms with Crippen LogP contribution in [-0.4, -0.2) is 57.9 Å². The van der Waals surface area contributed by atoms with E-state index in [1.165, 1.54) is 36.2 Å². The molecule has 2 saturated heterocycles. The number of hydrogen-bond donors (Lipinski definition) is 1. The van der Waals surface area contributed by atoms with Crippen LogP contribution < -0.4 is 0 Å². The average Bonchev–Trinajstić information content (AvgIpc) is 2.90. The summed E-state index contributed by atoms with van der Waals surface area (Å²) in [5.41, 5.74) is 4.77. The summed E-state index contributed by atoms with van der Waals surface area (Å²) in [4.78, 5) is 34.2. The fraction of sp³-hybridized carbons (Fsp3) is 0.552. The van der Waals surface area contributed by atoms with Crippen molar-refractivity contribution in [3.8, 4) is 0 Å². The zero-order chi connectivity index (χ0) is 24.2. The molecule has 6 heteroatoms. The minimum Gasteiger partial charge on any atom is -0.480 e. The van der Waals surface area contributed by atoms with E-state index in [2.05, 4.69) is 17.0 Å². The van der Waals surface area contributed by atoms with Crippen molar-refractivity contribution in [2.75, 3.05) is 26.2 Å². The van der Waals surface area contributed by atoms with Gasteiger partial charge in [0.1, 0.15) is 6.04 Å². The molecule has 186 valence electrons. The van der Waals surface area contributed by atoms with Crippen LogP contribution in [0.4, 0.5) is 0 Å². The predicted octanol–water partition coefficient (Wildman–Crippen LogP) is 4.28. The number of fused-ring (bicyclic) bond motifs is 1. The van der Waals surface area contributed by atoms with E-state index >= 15 is 0 Å². The lowest BCUT2D eigenvalue weighted by Crippen LogP contribution is -2.47. The topological polar surface area (TPSA) is 73.7 Å². The van der Waals surface area contributed by atoms with E-state index in [0.29, 0.717) is 19.0 Å². The molecule has 1 amide bonds. The molecular weight excluding hydrogens is 438 g/mol. The molecule has 1 aromatic heterocycles. The van der Waals surface area contributed by atoms with Crippen molar-refractivity contribution >= 4 is 11.9 Å². The summed E-state index contributed by atoms with van der Waals surface area (Å²) >= 11 is 0. The van der Waals surface area contributed by atoms with Crippen LogP contribution in [0, 0.1) is 11.8 Å². The minimum absolute atomic E-state index is 0.00957. The molecule has 0 saturated carbocycles. The van der Waals surface area contributed by atoms with Gasteiger partial charge in [-0.25, -0.2) is 0 Å². The van der Waals surface area contributed by atoms with Crippen molar-refractivity contribution in [1.29, 1.82) is 0 Å². The van der Waals surface area contributed by atoms with E-state index in [1.54, 1.807) is 0 Å². The van der Waals surface area contributed by atoms with Gasteiger partial charge in [0, 0.05) is 43.5 Å². The Labute approximate surface area is 208 Å². The van der Waals surface area contributed by atoms with Crippen molar-refractivity contribution in [3.63, 3.8) is 0 Å². The number of benzene rings is 1. The Balaban J connectivity index is 1.10. The number of carboxylic acid groups (broad SMARTS) is 1. The Morgan fingerprint density at radius 3 is 2.34 bits per heavy atom. The molecule has 2 aliphatic heterocycles. The van der Waals surface area contributed by atoms with Gasteiger partial charge in [0.15, 0.2) is 0 Å². The first kappa shape index (κ1) is 24.0. The first-order valence-corrected chi connectivity index (χ1v) is 13.4. The molecule has 0 bridgehead atoms. The first-order chi connectivity index (χ1) is 17.1. The molecule has 0 radical (unpaired) electrons. The Bertz CT molecular complexity index is 1020. The van der Waals surface area contributed by atoms with Crippen LogP contribution in [0.15, 0.2) is 42.5 Å². The van der Waals surface area contributed by atoms with E-state index in [1.807, 2.05) is 35.2 Å². The molecule has 5 rings (SSSR count). The second-order valence-electron chi connectivity index (χ2n) is 10.5. The quantitative estimate of drug-likeness (QED) is 0.675. The summed E-state index contributed by atoms with van der Waals surface area (Å²) in [6, 6.07) is 13.3. The molecular formula is C29H37N3O3. The Kier molecular flexibility index (Phi) is 7.47. The van der Waals surface area contributed by atoms with Crippen molar-refractivity contribution in [2.24, 2.45) is 11.8 Å². The van der Waals surface area contributed by atoms with Crippen LogP contribution in [0.5, 0.6) is 0 Å². The summed E-state index contributed by atoms with van der Waals surface area (Å²) in [7, 11) is 0. The predicted molar refractivity (Wildman–Crippen MR) is 135 cm³/mol. The number of likely N-dealkylation sites (tertiary alicyclic amines) is 2. The van der Waals surface area contributed by atoms with Gasteiger partial charge in [0.05, 0.1) is 0 Å². The van der Waals surface area contributed by atoms with Gasteiger partial charge in [-0.3, -0.25) is 19.5 Å². The third kappa shape index (κ3) is 5.58. The molecule has 1 N–H and O–H groups in total. The number of nitrogens with zero attached hydrogens (tertiary/aromatic N) is 3. The third-order valence-electron chi connectivity index (χ3n) is 8.25. The van der Waals surface area contributed by atoms with Gasteiger partial charge in [0.25, 0.3) is 0 Å². The van der Waals surface area contributed by atoms with Crippen LogP contribution in [0.25, 0.3) is 0 Å². The number of carbonyl (C=O) groups excluding carboxylic acids is 1. The molecule has 2 fully saturated rings. The average molecular weight is 476 g/mol. The first-order valence-electron chi connectivity index (χ1n) is 13.4. The number of pyridine rings is 1. The second-order valence-corrected chi connectivity index (χ2v) is 10.5. The molecule has 3 aliphatic rings. The van der Waals surface area contributed by atoms with Gasteiger partial charge >= 0.3 is 5.97 Å². The molecule has 2 aromatic rings. The van der Waals surface area contributed by atoms with E-state index in [0.717, 1.165) is 57.2 Å². The van der Waals surface area contributed by atoms with Gasteiger partial charge in [-0.1, -0.05) is 36.4 Å². The molecule has 3 heterocycles. The SMILES string of the molecule is O=C(O)C(c1ccccc1)N1CCC(C(=O)N2CCC(Cc3ccc4c(n3)CCCC4)CC2)CC1. The van der Waals surface area contributed by atoms with Crippen LogP contribution in [0.1, 0.15) is 67.1 Å². The number of aryl methyl sites for hydroxylation is 2. The van der Waals surface area contributed by atoms with Crippen molar-refractivity contribution in [3.05, 3.63) is 65.0 Å². The minimum atomic E-state index is -0.823. The van der Waals surface area contributed by atoms with E-state index in [4.69, 9.17) is 4.98 Å². The monoisotopic (exact) mass is 475 g/mol. The molecule has 1 unspecified atom stereocenters. The lowest BCUT2D eigenvalue weighted by atomic mass is 9.88. The van der Waals surface area contributed by atoms with Crippen molar-refractivity contribution in [1.82, 2.24) is 14.8 Å². The van der Waals surface area contributed by atoms with Crippen molar-refractivity contribution < 1.29 is 14.7 Å². The summed E-state index contributed by atoms with van der Waals surface area (Å²) in [5, 5.41) is 9.83. The highest BCUT2D eigenvalue weighted by Gasteiger charge is 2.35. The smallest absolute Gasteiger partial charge is 0.325 e. The lowest BCUT2D eigenvalue weighted by molar-refractivity contribution is -0.145. The van der Waals surface area contributed by atoms with Gasteiger partial charge in [-0.15, -0.1) is 0 Å². The maximum atomic E-state index is 13.2. The molecule has 0 spiro atoms. The van der Waals surface area contributed by atoms with Crippen LogP contribution in [-0.2, 0) is 28.9 Å². The number of carboxylic acids is 1. The van der Waals surface area contributed by atoms with E-state index in [9.17, 15) is 14.7 Å². The van der Waals surface area contributed by atoms with Gasteiger partial charge in [-0.2, -0.15) is 0 Å². The van der Waals surface area contributed by atoms with Gasteiger partial charge in [-0.05, 0) is 80.9 Å². The van der Waals surface area contributed by atoms with Crippen molar-refractivity contribution in [2.45, 2.75) is 63.8 Å². The number of rotatable bonds is 6. The summed E-state index contributed by atoms with van der Waals surface area (Å²) < 4.78 is 0. The highest BCUT2D eigenvalue weighted by atomic mass is 16.4. The van der Waals surface area contributed by atoms with Crippen LogP contribution in [0.3, 0.4) is 0 Å². The maximum absolute atomic E-state index is 13.2. The standard InChI is InChI=1S/C29H37N3O3/c33-28(24-14-18-31(19-15-24)27(29(34)35)23-7-2-1-3-8-23)32-16-12-21(13-17-32)20-25-11-10-22-6-4-5-9-26(22)30-25/h1-3,7-8,10-11,21,24,27H,4-6,9,12-20H2,(H,34,35). The number of piperidine rings is 2. The number of aliphatic carboxylic acids is 1. The Morgan fingerprint density at radius 2 is 1.63 bits per heavy atom. The number of amides is 1. The molecule has 1 aromatic carbocycles. The largest absolute Gasteiger partial charge is 0.480 e. The lowest BCUT2D eigenvalue weighted by Gasteiger charge is -2.39. The highest BCUT2D eigenvalue weighted by Crippen LogP contribution is 2.30. The van der Waals surface area contributed by atoms with E-state index in [-0.39, 0.29) is 11.8 Å². The number of hydrogen-bond acceptors (Lipinski definition) is 4. The fourth-order valence-corrected chi connectivity index (χ4v) is 6.20. The molecule has 1 atom stereocenters. The Hall–Kier alpha value is -2.73. The Morgan fingerprint density at radius 1 is 0.914 bits per heavy atom. The van der Waals surface area contributed by atoms with Crippen LogP contribution in [0.2, 0.25) is 0 Å². The fourth-order valence-electron chi connectivity index (χ4n) is 6.20. The van der Waals surface area contributed by atoms with Crippen LogP contribution >= 0.6 is 0 Å². The molecule has 6 nitrogen and oxygen atoms in total. The highest BCUT2D eigenvalue weighted by molar-refractivity contribution is 5.79. The third-order valence-corrected chi connectivity index (χ3v) is 8.25. The normalized spacial score (nSPS) is 20.9. The number of carbonyl (C=O) groups is 2. The summed E-state index contributed by atoms with van der Waals surface area (Å²) in [5.74, 6) is 0.0469. The zero-order valence-corrected chi connectivity index (χ0v) is 20.6. The summed E-state index contributed by atoms with van der Waals surface area (Å²) in [6.45, 7) is 2.94. The second kappa shape index (κ2) is 10.9. The molecule has 35 heavy (non-hydrogen) atoms.